The molecule has 3 atom stereocenters. The van der Waals surface area contributed by atoms with E-state index in [1.807, 2.05) is 36.4 Å². The number of phenols is 2. The van der Waals surface area contributed by atoms with E-state index in [1.165, 1.54) is 0 Å². The SMILES string of the molecule is C[C@@H](COc1ccc([C@@H]2Oc3cc(O)ccc3C3=C2c2ccc(O)cc2OCC3)cc1)N1CC[C@@H](CF)C1. The molecule has 0 aromatic heterocycles. The van der Waals surface area contributed by atoms with E-state index >= 15 is 0 Å². The van der Waals surface area contributed by atoms with Gasteiger partial charge in [-0.25, -0.2) is 0 Å². The number of hydrogen-bond donors (Lipinski definition) is 2. The van der Waals surface area contributed by atoms with Gasteiger partial charge in [-0.3, -0.25) is 9.29 Å². The number of likely N-dealkylation sites (tertiary alicyclic amines) is 1. The molecule has 3 heterocycles. The lowest BCUT2D eigenvalue weighted by Crippen LogP contribution is -2.35. The molecule has 0 saturated carbocycles. The molecule has 0 spiro atoms. The molecule has 3 aromatic rings. The maximum Gasteiger partial charge on any atom is 0.150 e. The number of fused-ring (bicyclic) bond motifs is 4. The minimum atomic E-state index is -0.431. The summed E-state index contributed by atoms with van der Waals surface area (Å²) in [5, 5.41) is 20.2. The molecule has 2 N–H and O–H groups in total. The second-order valence-electron chi connectivity index (χ2n) is 10.4. The van der Waals surface area contributed by atoms with Crippen molar-refractivity contribution >= 4 is 11.1 Å². The number of benzene rings is 3. The minimum Gasteiger partial charge on any atom is -0.508 e. The second kappa shape index (κ2) is 10.2. The fourth-order valence-corrected chi connectivity index (χ4v) is 5.72. The van der Waals surface area contributed by atoms with Crippen molar-refractivity contribution in [2.24, 2.45) is 5.92 Å². The number of halogens is 1. The zero-order valence-electron chi connectivity index (χ0n) is 21.4. The van der Waals surface area contributed by atoms with Crippen LogP contribution < -0.4 is 14.2 Å². The first-order valence-electron chi connectivity index (χ1n) is 13.2. The van der Waals surface area contributed by atoms with Crippen LogP contribution in [-0.4, -0.2) is 54.1 Å². The molecule has 6 rings (SSSR count). The average molecular weight is 518 g/mol. The Morgan fingerprint density at radius 1 is 1.00 bits per heavy atom. The monoisotopic (exact) mass is 517 g/mol. The molecular formula is C31H32FNO5. The van der Waals surface area contributed by atoms with Crippen molar-refractivity contribution in [1.29, 1.82) is 0 Å². The van der Waals surface area contributed by atoms with Gasteiger partial charge in [0.05, 0.1) is 13.3 Å². The molecule has 38 heavy (non-hydrogen) atoms. The summed E-state index contributed by atoms with van der Waals surface area (Å²) in [6.07, 6.45) is 1.14. The zero-order valence-corrected chi connectivity index (χ0v) is 21.4. The van der Waals surface area contributed by atoms with Crippen LogP contribution in [0.25, 0.3) is 11.1 Å². The molecule has 198 valence electrons. The van der Waals surface area contributed by atoms with Gasteiger partial charge in [0.25, 0.3) is 0 Å². The van der Waals surface area contributed by atoms with Gasteiger partial charge in [0, 0.05) is 53.8 Å². The molecule has 0 radical (unpaired) electrons. The van der Waals surface area contributed by atoms with Crippen LogP contribution in [0.3, 0.4) is 0 Å². The van der Waals surface area contributed by atoms with Crippen molar-refractivity contribution in [3.8, 4) is 28.7 Å². The Kier molecular flexibility index (Phi) is 6.62. The molecule has 0 bridgehead atoms. The molecule has 0 unspecified atom stereocenters. The van der Waals surface area contributed by atoms with Gasteiger partial charge in [-0.2, -0.15) is 0 Å². The third kappa shape index (κ3) is 4.67. The number of aromatic hydroxyl groups is 2. The largest absolute Gasteiger partial charge is 0.508 e. The van der Waals surface area contributed by atoms with E-state index in [0.29, 0.717) is 31.1 Å². The van der Waals surface area contributed by atoms with Crippen LogP contribution in [0.2, 0.25) is 0 Å². The van der Waals surface area contributed by atoms with Crippen molar-refractivity contribution in [2.45, 2.75) is 31.9 Å². The smallest absolute Gasteiger partial charge is 0.150 e. The number of phenolic OH excluding ortho intramolecular Hbond substituents is 2. The maximum atomic E-state index is 13.0. The molecule has 7 heteroatoms. The standard InChI is InChI=1S/C31H32FNO5/c1-19(33-12-10-20(16-32)17-33)18-37-24-6-2-21(3-7-24)31-30-26(25-8-4-23(35)15-29(25)38-31)11-13-36-28-14-22(34)5-9-27(28)30/h2-9,14-15,19-20,31,34-35H,10-13,16-18H2,1H3/t19-,20-,31-/m0/s1. The number of rotatable bonds is 6. The Bertz CT molecular complexity index is 1350. The zero-order chi connectivity index (χ0) is 26.2. The summed E-state index contributed by atoms with van der Waals surface area (Å²) in [7, 11) is 0. The molecular weight excluding hydrogens is 485 g/mol. The third-order valence-electron chi connectivity index (χ3n) is 7.82. The van der Waals surface area contributed by atoms with E-state index in [4.69, 9.17) is 14.2 Å². The molecule has 0 amide bonds. The van der Waals surface area contributed by atoms with Gasteiger partial charge in [-0.15, -0.1) is 0 Å². The van der Waals surface area contributed by atoms with Gasteiger partial charge in [0.1, 0.15) is 41.5 Å². The Balaban J connectivity index is 1.28. The van der Waals surface area contributed by atoms with E-state index in [9.17, 15) is 14.6 Å². The maximum absolute atomic E-state index is 13.0. The van der Waals surface area contributed by atoms with E-state index in [1.54, 1.807) is 24.3 Å². The Morgan fingerprint density at radius 2 is 1.74 bits per heavy atom. The molecule has 1 fully saturated rings. The number of alkyl halides is 1. The van der Waals surface area contributed by atoms with Crippen LogP contribution in [0, 0.1) is 5.92 Å². The van der Waals surface area contributed by atoms with Crippen molar-refractivity contribution in [2.75, 3.05) is 33.0 Å². The lowest BCUT2D eigenvalue weighted by molar-refractivity contribution is 0.165. The van der Waals surface area contributed by atoms with E-state index in [-0.39, 0.29) is 30.1 Å². The lowest BCUT2D eigenvalue weighted by atomic mass is 9.84. The van der Waals surface area contributed by atoms with Gasteiger partial charge in [0.15, 0.2) is 0 Å². The summed E-state index contributed by atoms with van der Waals surface area (Å²) in [5.41, 5.74) is 4.86. The highest BCUT2D eigenvalue weighted by Crippen LogP contribution is 2.52. The van der Waals surface area contributed by atoms with Crippen LogP contribution >= 0.6 is 0 Å². The Labute approximate surface area is 221 Å². The Hall–Kier alpha value is -3.71. The van der Waals surface area contributed by atoms with E-state index < -0.39 is 6.10 Å². The van der Waals surface area contributed by atoms with E-state index in [0.717, 1.165) is 53.1 Å². The molecule has 6 nitrogen and oxygen atoms in total. The highest BCUT2D eigenvalue weighted by molar-refractivity contribution is 5.98. The first-order valence-corrected chi connectivity index (χ1v) is 13.2. The predicted octanol–water partition coefficient (Wildman–Crippen LogP) is 5.98. The van der Waals surface area contributed by atoms with Crippen molar-refractivity contribution in [1.82, 2.24) is 4.90 Å². The van der Waals surface area contributed by atoms with Gasteiger partial charge in [-0.1, -0.05) is 12.1 Å². The van der Waals surface area contributed by atoms with Gasteiger partial charge < -0.3 is 24.4 Å². The molecule has 1 saturated heterocycles. The van der Waals surface area contributed by atoms with E-state index in [2.05, 4.69) is 11.8 Å². The van der Waals surface area contributed by atoms with Crippen molar-refractivity contribution in [3.05, 3.63) is 77.4 Å². The molecule has 0 aliphatic carbocycles. The quantitative estimate of drug-likeness (QED) is 0.419. The first kappa shape index (κ1) is 24.6. The molecule has 3 aliphatic heterocycles. The fraction of sp³-hybridized carbons (Fsp3) is 0.355. The number of ether oxygens (including phenoxy) is 3. The van der Waals surface area contributed by atoms with Gasteiger partial charge >= 0.3 is 0 Å². The molecule has 3 aliphatic rings. The van der Waals surface area contributed by atoms with Crippen LogP contribution in [0.4, 0.5) is 4.39 Å². The second-order valence-corrected chi connectivity index (χ2v) is 10.4. The Morgan fingerprint density at radius 3 is 2.47 bits per heavy atom. The highest BCUT2D eigenvalue weighted by atomic mass is 19.1. The summed E-state index contributed by atoms with van der Waals surface area (Å²) >= 11 is 0. The summed E-state index contributed by atoms with van der Waals surface area (Å²) in [6.45, 7) is 4.57. The van der Waals surface area contributed by atoms with Gasteiger partial charge in [0.2, 0.25) is 0 Å². The normalized spacial score (nSPS) is 21.4. The summed E-state index contributed by atoms with van der Waals surface area (Å²) in [6, 6.07) is 18.5. The minimum absolute atomic E-state index is 0.141. The number of hydrogen-bond acceptors (Lipinski definition) is 6. The fourth-order valence-electron chi connectivity index (χ4n) is 5.72. The van der Waals surface area contributed by atoms with Crippen LogP contribution in [0.15, 0.2) is 60.7 Å². The third-order valence-corrected chi connectivity index (χ3v) is 7.82. The first-order chi connectivity index (χ1) is 18.5. The van der Waals surface area contributed by atoms with Crippen molar-refractivity contribution < 1.29 is 28.8 Å². The predicted molar refractivity (Wildman–Crippen MR) is 144 cm³/mol. The van der Waals surface area contributed by atoms with Crippen LogP contribution in [0.1, 0.15) is 42.6 Å². The van der Waals surface area contributed by atoms with Gasteiger partial charge in [-0.05, 0) is 67.4 Å². The lowest BCUT2D eigenvalue weighted by Gasteiger charge is -2.31. The summed E-state index contributed by atoms with van der Waals surface area (Å²) in [5.74, 6) is 2.45. The van der Waals surface area contributed by atoms with Crippen LogP contribution in [-0.2, 0) is 0 Å². The highest BCUT2D eigenvalue weighted by Gasteiger charge is 2.34. The summed E-state index contributed by atoms with van der Waals surface area (Å²) < 4.78 is 31.6. The average Bonchev–Trinajstić information content (AvgIpc) is 3.34. The van der Waals surface area contributed by atoms with Crippen LogP contribution in [0.5, 0.6) is 28.7 Å². The molecule has 3 aromatic carbocycles. The topological polar surface area (TPSA) is 71.4 Å². The van der Waals surface area contributed by atoms with Crippen molar-refractivity contribution in [3.63, 3.8) is 0 Å². The summed E-state index contributed by atoms with van der Waals surface area (Å²) in [4.78, 5) is 2.29. The number of nitrogens with zero attached hydrogens (tertiary/aromatic N) is 1.